The first-order valence-electron chi connectivity index (χ1n) is 8.38. The Labute approximate surface area is 154 Å². The van der Waals surface area contributed by atoms with Crippen molar-refractivity contribution in [1.29, 1.82) is 0 Å². The molecule has 1 aliphatic rings. The third-order valence-electron chi connectivity index (χ3n) is 4.13. The molecule has 27 heavy (non-hydrogen) atoms. The van der Waals surface area contributed by atoms with Gasteiger partial charge in [-0.2, -0.15) is 13.2 Å². The van der Waals surface area contributed by atoms with Gasteiger partial charge in [0, 0.05) is 50.7 Å². The van der Waals surface area contributed by atoms with Crippen molar-refractivity contribution in [3.05, 3.63) is 53.8 Å². The summed E-state index contributed by atoms with van der Waals surface area (Å²) in [6, 6.07) is 4.57. The zero-order valence-corrected chi connectivity index (χ0v) is 14.6. The van der Waals surface area contributed by atoms with Gasteiger partial charge in [-0.25, -0.2) is 9.97 Å². The van der Waals surface area contributed by atoms with Crippen molar-refractivity contribution in [2.45, 2.75) is 13.1 Å². The third kappa shape index (κ3) is 4.81. The first-order chi connectivity index (χ1) is 12.8. The van der Waals surface area contributed by atoms with Crippen LogP contribution < -0.4 is 4.90 Å². The number of rotatable bonds is 3. The highest BCUT2D eigenvalue weighted by molar-refractivity contribution is 5.91. The lowest BCUT2D eigenvalue weighted by atomic mass is 10.2. The minimum Gasteiger partial charge on any atom is -0.353 e. The summed E-state index contributed by atoms with van der Waals surface area (Å²) in [5.41, 5.74) is -0.136. The number of pyridine rings is 1. The monoisotopic (exact) mass is 377 g/mol. The molecule has 0 aliphatic carbocycles. The first-order valence-corrected chi connectivity index (χ1v) is 8.38. The fraction of sp³-hybridized carbons (Fsp3) is 0.333. The van der Waals surface area contributed by atoms with E-state index < -0.39 is 11.9 Å². The molecule has 6 nitrogen and oxygen atoms in total. The van der Waals surface area contributed by atoms with Gasteiger partial charge in [-0.1, -0.05) is 6.07 Å². The molecule has 0 radical (unpaired) electrons. The highest BCUT2D eigenvalue weighted by Crippen LogP contribution is 2.29. The number of nitrogens with zero attached hydrogens (tertiary/aromatic N) is 5. The van der Waals surface area contributed by atoms with Crippen LogP contribution in [-0.4, -0.2) is 51.9 Å². The van der Waals surface area contributed by atoms with Crippen molar-refractivity contribution in [2.24, 2.45) is 0 Å². The summed E-state index contributed by atoms with van der Waals surface area (Å²) in [4.78, 5) is 27.2. The number of alkyl halides is 3. The number of aromatic nitrogens is 3. The van der Waals surface area contributed by atoms with Gasteiger partial charge in [-0.15, -0.1) is 0 Å². The maximum atomic E-state index is 12.9. The van der Waals surface area contributed by atoms with E-state index in [0.29, 0.717) is 26.2 Å². The molecule has 142 valence electrons. The average Bonchev–Trinajstić information content (AvgIpc) is 2.66. The number of carbonyl (C=O) groups is 1. The number of anilines is 1. The maximum Gasteiger partial charge on any atom is 0.433 e. The molecular formula is C18H18F3N5O. The highest BCUT2D eigenvalue weighted by atomic mass is 19.4. The lowest BCUT2D eigenvalue weighted by Gasteiger charge is -2.35. The van der Waals surface area contributed by atoms with Crippen LogP contribution in [-0.2, 0) is 11.0 Å². The van der Waals surface area contributed by atoms with Gasteiger partial charge in [-0.3, -0.25) is 9.78 Å². The maximum absolute atomic E-state index is 12.9. The molecule has 1 fully saturated rings. The van der Waals surface area contributed by atoms with Gasteiger partial charge in [0.2, 0.25) is 5.91 Å². The van der Waals surface area contributed by atoms with E-state index in [0.717, 1.165) is 11.6 Å². The van der Waals surface area contributed by atoms with Gasteiger partial charge < -0.3 is 9.80 Å². The highest BCUT2D eigenvalue weighted by Gasteiger charge is 2.34. The van der Waals surface area contributed by atoms with Gasteiger partial charge in [0.1, 0.15) is 17.3 Å². The van der Waals surface area contributed by atoms with Crippen molar-refractivity contribution in [1.82, 2.24) is 19.9 Å². The van der Waals surface area contributed by atoms with Crippen molar-refractivity contribution < 1.29 is 18.0 Å². The lowest BCUT2D eigenvalue weighted by molar-refractivity contribution is -0.141. The fourth-order valence-corrected chi connectivity index (χ4v) is 2.76. The topological polar surface area (TPSA) is 62.2 Å². The van der Waals surface area contributed by atoms with Crippen LogP contribution in [0.5, 0.6) is 0 Å². The summed E-state index contributed by atoms with van der Waals surface area (Å²) in [5.74, 6) is 0.152. The van der Waals surface area contributed by atoms with Crippen LogP contribution in [0.4, 0.5) is 19.0 Å². The number of carbonyl (C=O) groups excluding carboxylic acids is 1. The molecule has 1 saturated heterocycles. The zero-order valence-electron chi connectivity index (χ0n) is 14.6. The summed E-state index contributed by atoms with van der Waals surface area (Å²) >= 11 is 0. The molecule has 0 unspecified atom stereocenters. The molecule has 0 bridgehead atoms. The Kier molecular flexibility index (Phi) is 5.38. The molecule has 0 N–H and O–H groups in total. The second-order valence-electron chi connectivity index (χ2n) is 6.09. The van der Waals surface area contributed by atoms with Gasteiger partial charge in [0.05, 0.1) is 0 Å². The molecule has 9 heteroatoms. The van der Waals surface area contributed by atoms with E-state index >= 15 is 0 Å². The summed E-state index contributed by atoms with van der Waals surface area (Å²) in [7, 11) is 0. The van der Waals surface area contributed by atoms with Crippen LogP contribution in [0.15, 0.2) is 36.7 Å². The molecular weight excluding hydrogens is 359 g/mol. The Morgan fingerprint density at radius 3 is 2.56 bits per heavy atom. The summed E-state index contributed by atoms with van der Waals surface area (Å²) in [5, 5.41) is 0. The molecule has 1 aliphatic heterocycles. The summed E-state index contributed by atoms with van der Waals surface area (Å²) in [6.07, 6.45) is 1.94. The second-order valence-corrected chi connectivity index (χ2v) is 6.09. The van der Waals surface area contributed by atoms with E-state index in [4.69, 9.17) is 0 Å². The number of aryl methyl sites for hydroxylation is 1. The van der Waals surface area contributed by atoms with Crippen LogP contribution in [0.3, 0.4) is 0 Å². The zero-order chi connectivity index (χ0) is 19.4. The van der Waals surface area contributed by atoms with Gasteiger partial charge in [-0.05, 0) is 24.6 Å². The van der Waals surface area contributed by atoms with Gasteiger partial charge >= 0.3 is 6.18 Å². The minimum atomic E-state index is -4.52. The fourth-order valence-electron chi connectivity index (χ4n) is 2.76. The number of hydrogen-bond donors (Lipinski definition) is 0. The predicted molar refractivity (Wildman–Crippen MR) is 93.8 cm³/mol. The third-order valence-corrected chi connectivity index (χ3v) is 4.13. The standard InChI is InChI=1S/C18H18F3N5O/c1-13-23-15(18(19,20)21)11-16(24-13)25-7-9-26(10-8-25)17(27)5-4-14-3-2-6-22-12-14/h2-6,11-12H,7-10H2,1H3/b5-4+. The molecule has 2 aromatic heterocycles. The largest absolute Gasteiger partial charge is 0.433 e. The average molecular weight is 377 g/mol. The number of amides is 1. The second kappa shape index (κ2) is 7.73. The van der Waals surface area contributed by atoms with Crippen molar-refractivity contribution in [3.8, 4) is 0 Å². The molecule has 3 heterocycles. The number of hydrogen-bond acceptors (Lipinski definition) is 5. The number of halogens is 3. The summed E-state index contributed by atoms with van der Waals surface area (Å²) in [6.45, 7) is 3.05. The summed E-state index contributed by atoms with van der Waals surface area (Å²) < 4.78 is 38.8. The molecule has 0 saturated carbocycles. The van der Waals surface area contributed by atoms with Crippen molar-refractivity contribution >= 4 is 17.8 Å². The molecule has 3 rings (SSSR count). The first kappa shape index (κ1) is 18.8. The Hall–Kier alpha value is -2.97. The molecule has 0 aromatic carbocycles. The van der Waals surface area contributed by atoms with Gasteiger partial charge in [0.15, 0.2) is 0 Å². The molecule has 2 aromatic rings. The molecule has 0 atom stereocenters. The lowest BCUT2D eigenvalue weighted by Crippen LogP contribution is -2.48. The predicted octanol–water partition coefficient (Wildman–Crippen LogP) is 2.56. The Bertz CT molecular complexity index is 831. The van der Waals surface area contributed by atoms with E-state index in [2.05, 4.69) is 15.0 Å². The van der Waals surface area contributed by atoms with E-state index in [1.54, 1.807) is 34.3 Å². The van der Waals surface area contributed by atoms with Gasteiger partial charge in [0.25, 0.3) is 0 Å². The smallest absolute Gasteiger partial charge is 0.353 e. The SMILES string of the molecule is Cc1nc(N2CCN(C(=O)/C=C/c3cccnc3)CC2)cc(C(F)(F)F)n1. The van der Waals surface area contributed by atoms with Crippen molar-refractivity contribution in [3.63, 3.8) is 0 Å². The van der Waals surface area contributed by atoms with Crippen LogP contribution >= 0.6 is 0 Å². The molecule has 0 spiro atoms. The van der Waals surface area contributed by atoms with E-state index in [9.17, 15) is 18.0 Å². The van der Waals surface area contributed by atoms with Crippen molar-refractivity contribution in [2.75, 3.05) is 31.1 Å². The normalized spacial score (nSPS) is 15.4. The molecule has 1 amide bonds. The van der Waals surface area contributed by atoms with E-state index in [-0.39, 0.29) is 17.5 Å². The van der Waals surface area contributed by atoms with Crippen LogP contribution in [0.25, 0.3) is 6.08 Å². The Balaban J connectivity index is 1.63. The Morgan fingerprint density at radius 1 is 1.19 bits per heavy atom. The van der Waals surface area contributed by atoms with Crippen LogP contribution in [0, 0.1) is 6.92 Å². The quantitative estimate of drug-likeness (QED) is 0.770. The van der Waals surface area contributed by atoms with Crippen LogP contribution in [0.2, 0.25) is 0 Å². The minimum absolute atomic E-state index is 0.0673. The number of piperazine rings is 1. The van der Waals surface area contributed by atoms with Crippen LogP contribution in [0.1, 0.15) is 17.1 Å². The van der Waals surface area contributed by atoms with E-state index in [1.807, 2.05) is 6.07 Å². The Morgan fingerprint density at radius 2 is 1.93 bits per heavy atom. The van der Waals surface area contributed by atoms with E-state index in [1.165, 1.54) is 13.0 Å².